The van der Waals surface area contributed by atoms with Gasteiger partial charge in [-0.2, -0.15) is 0 Å². The summed E-state index contributed by atoms with van der Waals surface area (Å²) in [6.07, 6.45) is 8.45. The molecule has 1 rings (SSSR count). The molecule has 0 bridgehead atoms. The SMILES string of the molecule is CCCCC[SiH](CCCCC)c1ccccc1. The molecular formula is C16H28Si. The van der Waals surface area contributed by atoms with Gasteiger partial charge in [-0.1, -0.05) is 100.0 Å². The van der Waals surface area contributed by atoms with E-state index in [1.165, 1.54) is 50.6 Å². The van der Waals surface area contributed by atoms with Crippen LogP contribution in [0.1, 0.15) is 52.4 Å². The Morgan fingerprint density at radius 2 is 1.29 bits per heavy atom. The van der Waals surface area contributed by atoms with E-state index in [0.717, 1.165) is 0 Å². The van der Waals surface area contributed by atoms with Crippen molar-refractivity contribution in [1.29, 1.82) is 0 Å². The second-order valence-electron chi connectivity index (χ2n) is 5.10. The highest BCUT2D eigenvalue weighted by molar-refractivity contribution is 6.73. The van der Waals surface area contributed by atoms with E-state index in [0.29, 0.717) is 0 Å². The van der Waals surface area contributed by atoms with Crippen molar-refractivity contribution in [3.8, 4) is 0 Å². The molecule has 0 atom stereocenters. The third-order valence-corrected chi connectivity index (χ3v) is 7.12. The highest BCUT2D eigenvalue weighted by Crippen LogP contribution is 2.12. The Morgan fingerprint density at radius 3 is 1.76 bits per heavy atom. The fourth-order valence-electron chi connectivity index (χ4n) is 2.48. The van der Waals surface area contributed by atoms with E-state index in [9.17, 15) is 0 Å². The van der Waals surface area contributed by atoms with Crippen LogP contribution in [0.2, 0.25) is 12.1 Å². The van der Waals surface area contributed by atoms with E-state index in [4.69, 9.17) is 0 Å². The van der Waals surface area contributed by atoms with Crippen molar-refractivity contribution in [1.82, 2.24) is 0 Å². The Morgan fingerprint density at radius 1 is 0.765 bits per heavy atom. The topological polar surface area (TPSA) is 0 Å². The number of unbranched alkanes of at least 4 members (excludes halogenated alkanes) is 4. The molecule has 0 N–H and O–H groups in total. The lowest BCUT2D eigenvalue weighted by Gasteiger charge is -2.15. The Hall–Kier alpha value is -0.563. The molecule has 17 heavy (non-hydrogen) atoms. The zero-order valence-electron chi connectivity index (χ0n) is 11.6. The van der Waals surface area contributed by atoms with Crippen LogP contribution < -0.4 is 5.19 Å². The maximum Gasteiger partial charge on any atom is 0.0708 e. The van der Waals surface area contributed by atoms with Crippen LogP contribution in [0.15, 0.2) is 30.3 Å². The Labute approximate surface area is 109 Å². The van der Waals surface area contributed by atoms with Crippen LogP contribution in [0.25, 0.3) is 0 Å². The maximum atomic E-state index is 2.37. The maximum absolute atomic E-state index is 2.37. The zero-order chi connectivity index (χ0) is 12.3. The summed E-state index contributed by atoms with van der Waals surface area (Å²) in [5.41, 5.74) is 0. The summed E-state index contributed by atoms with van der Waals surface area (Å²) < 4.78 is 0. The normalized spacial score (nSPS) is 11.0. The molecule has 1 aromatic carbocycles. The fourth-order valence-corrected chi connectivity index (χ4v) is 5.77. The van der Waals surface area contributed by atoms with E-state index in [2.05, 4.69) is 44.2 Å². The van der Waals surface area contributed by atoms with E-state index in [1.807, 2.05) is 0 Å². The molecule has 0 fully saturated rings. The number of hydrogen-bond acceptors (Lipinski definition) is 0. The van der Waals surface area contributed by atoms with Crippen molar-refractivity contribution in [2.75, 3.05) is 0 Å². The van der Waals surface area contributed by atoms with Crippen LogP contribution in [0.5, 0.6) is 0 Å². The second-order valence-corrected chi connectivity index (χ2v) is 8.31. The smallest absolute Gasteiger partial charge is 0.0654 e. The van der Waals surface area contributed by atoms with Gasteiger partial charge >= 0.3 is 0 Å². The first-order chi connectivity index (χ1) is 8.38. The first-order valence-electron chi connectivity index (χ1n) is 7.43. The molecule has 0 spiro atoms. The summed E-state index contributed by atoms with van der Waals surface area (Å²) >= 11 is 0. The van der Waals surface area contributed by atoms with Gasteiger partial charge in [-0.05, 0) is 0 Å². The Kier molecular flexibility index (Phi) is 8.07. The minimum absolute atomic E-state index is 0.655. The van der Waals surface area contributed by atoms with Crippen LogP contribution in [0.4, 0.5) is 0 Å². The first-order valence-corrected chi connectivity index (χ1v) is 9.64. The highest BCUT2D eigenvalue weighted by atomic mass is 28.3. The van der Waals surface area contributed by atoms with Gasteiger partial charge in [-0.15, -0.1) is 0 Å². The molecular weight excluding hydrogens is 220 g/mol. The minimum atomic E-state index is -0.655. The number of rotatable bonds is 9. The number of hydrogen-bond donors (Lipinski definition) is 0. The van der Waals surface area contributed by atoms with Gasteiger partial charge in [0.25, 0.3) is 0 Å². The monoisotopic (exact) mass is 248 g/mol. The van der Waals surface area contributed by atoms with Crippen molar-refractivity contribution in [2.45, 2.75) is 64.5 Å². The summed E-state index contributed by atoms with van der Waals surface area (Å²) in [6.45, 7) is 4.60. The molecule has 0 nitrogen and oxygen atoms in total. The molecule has 0 saturated carbocycles. The second kappa shape index (κ2) is 9.47. The van der Waals surface area contributed by atoms with E-state index in [-0.39, 0.29) is 0 Å². The largest absolute Gasteiger partial charge is 0.0708 e. The number of benzene rings is 1. The van der Waals surface area contributed by atoms with Crippen molar-refractivity contribution >= 4 is 14.0 Å². The predicted molar refractivity (Wildman–Crippen MR) is 81.9 cm³/mol. The molecule has 1 heteroatoms. The molecule has 96 valence electrons. The lowest BCUT2D eigenvalue weighted by molar-refractivity contribution is 0.748. The molecule has 1 aromatic rings. The third-order valence-electron chi connectivity index (χ3n) is 3.58. The summed E-state index contributed by atoms with van der Waals surface area (Å²) in [6, 6.07) is 14.4. The average molecular weight is 248 g/mol. The minimum Gasteiger partial charge on any atom is -0.0654 e. The van der Waals surface area contributed by atoms with Gasteiger partial charge in [-0.3, -0.25) is 0 Å². The van der Waals surface area contributed by atoms with Crippen molar-refractivity contribution < 1.29 is 0 Å². The summed E-state index contributed by atoms with van der Waals surface area (Å²) in [7, 11) is -0.655. The first kappa shape index (κ1) is 14.5. The van der Waals surface area contributed by atoms with Crippen LogP contribution in [0.3, 0.4) is 0 Å². The molecule has 0 amide bonds. The zero-order valence-corrected chi connectivity index (χ0v) is 12.8. The van der Waals surface area contributed by atoms with Crippen LogP contribution in [-0.2, 0) is 0 Å². The summed E-state index contributed by atoms with van der Waals surface area (Å²) in [5, 5.41) is 1.69. The van der Waals surface area contributed by atoms with Gasteiger partial charge in [0.2, 0.25) is 0 Å². The van der Waals surface area contributed by atoms with E-state index in [1.54, 1.807) is 5.19 Å². The highest BCUT2D eigenvalue weighted by Gasteiger charge is 2.12. The molecule has 0 aromatic heterocycles. The molecule has 0 saturated heterocycles. The van der Waals surface area contributed by atoms with Gasteiger partial charge in [0.1, 0.15) is 0 Å². The predicted octanol–water partition coefficient (Wildman–Crippen LogP) is 4.50. The van der Waals surface area contributed by atoms with Crippen molar-refractivity contribution in [3.63, 3.8) is 0 Å². The van der Waals surface area contributed by atoms with Gasteiger partial charge in [-0.25, -0.2) is 0 Å². The van der Waals surface area contributed by atoms with Gasteiger partial charge in [0.15, 0.2) is 0 Å². The third kappa shape index (κ3) is 6.07. The van der Waals surface area contributed by atoms with Crippen LogP contribution >= 0.6 is 0 Å². The lowest BCUT2D eigenvalue weighted by atomic mass is 10.3. The Bertz CT molecular complexity index is 258. The average Bonchev–Trinajstić information content (AvgIpc) is 2.38. The van der Waals surface area contributed by atoms with Gasteiger partial charge in [0, 0.05) is 0 Å². The molecule has 0 heterocycles. The van der Waals surface area contributed by atoms with Gasteiger partial charge < -0.3 is 0 Å². The lowest BCUT2D eigenvalue weighted by Crippen LogP contribution is -2.29. The van der Waals surface area contributed by atoms with Crippen molar-refractivity contribution in [2.24, 2.45) is 0 Å². The molecule has 0 aliphatic heterocycles. The molecule has 0 aliphatic carbocycles. The van der Waals surface area contributed by atoms with E-state index >= 15 is 0 Å². The molecule has 0 radical (unpaired) electrons. The summed E-state index contributed by atoms with van der Waals surface area (Å²) in [4.78, 5) is 0. The van der Waals surface area contributed by atoms with E-state index < -0.39 is 8.80 Å². The van der Waals surface area contributed by atoms with Crippen LogP contribution in [-0.4, -0.2) is 8.80 Å². The molecule has 0 aliphatic rings. The van der Waals surface area contributed by atoms with Crippen LogP contribution in [0, 0.1) is 0 Å². The van der Waals surface area contributed by atoms with Crippen molar-refractivity contribution in [3.05, 3.63) is 30.3 Å². The fraction of sp³-hybridized carbons (Fsp3) is 0.625. The summed E-state index contributed by atoms with van der Waals surface area (Å²) in [5.74, 6) is 0. The standard InChI is InChI=1S/C16H28Si/c1-3-5-10-14-17(15-11-6-4-2)16-12-8-7-9-13-16/h7-9,12-13,17H,3-6,10-11,14-15H2,1-2H3. The quantitative estimate of drug-likeness (QED) is 0.446. The molecule has 0 unspecified atom stereocenters. The Balaban J connectivity index is 2.46. The van der Waals surface area contributed by atoms with Gasteiger partial charge in [0.05, 0.1) is 8.80 Å².